The highest BCUT2D eigenvalue weighted by molar-refractivity contribution is 5.91. The van der Waals surface area contributed by atoms with E-state index in [0.29, 0.717) is 12.5 Å². The SMILES string of the molecule is CC(=O)N(Cc1ccccc1)c1nc2ccccc2[nH]1. The van der Waals surface area contributed by atoms with Gasteiger partial charge in [0.25, 0.3) is 0 Å². The van der Waals surface area contributed by atoms with Gasteiger partial charge in [0.15, 0.2) is 0 Å². The Balaban J connectivity index is 1.96. The van der Waals surface area contributed by atoms with E-state index in [4.69, 9.17) is 0 Å². The highest BCUT2D eigenvalue weighted by Gasteiger charge is 2.15. The van der Waals surface area contributed by atoms with Crippen LogP contribution in [0.4, 0.5) is 5.95 Å². The molecule has 2 aromatic carbocycles. The third-order valence-electron chi connectivity index (χ3n) is 3.20. The molecule has 0 bridgehead atoms. The molecule has 0 radical (unpaired) electrons. The average Bonchev–Trinajstić information content (AvgIpc) is 2.89. The van der Waals surface area contributed by atoms with Gasteiger partial charge in [0.1, 0.15) is 0 Å². The Labute approximate surface area is 117 Å². The highest BCUT2D eigenvalue weighted by Crippen LogP contribution is 2.19. The predicted molar refractivity (Wildman–Crippen MR) is 79.4 cm³/mol. The molecule has 0 unspecified atom stereocenters. The Morgan fingerprint density at radius 2 is 1.80 bits per heavy atom. The first-order valence-electron chi connectivity index (χ1n) is 6.51. The molecule has 0 aliphatic heterocycles. The first kappa shape index (κ1) is 12.4. The normalized spacial score (nSPS) is 10.7. The van der Waals surface area contributed by atoms with Crippen LogP contribution in [0.2, 0.25) is 0 Å². The molecule has 0 spiro atoms. The Morgan fingerprint density at radius 1 is 1.10 bits per heavy atom. The second-order valence-electron chi connectivity index (χ2n) is 4.67. The van der Waals surface area contributed by atoms with Crippen molar-refractivity contribution in [2.45, 2.75) is 13.5 Å². The lowest BCUT2D eigenvalue weighted by atomic mass is 10.2. The van der Waals surface area contributed by atoms with E-state index in [2.05, 4.69) is 9.97 Å². The van der Waals surface area contributed by atoms with E-state index in [1.54, 1.807) is 11.8 Å². The fraction of sp³-hybridized carbons (Fsp3) is 0.125. The van der Waals surface area contributed by atoms with E-state index in [0.717, 1.165) is 16.6 Å². The number of hydrogen-bond donors (Lipinski definition) is 1. The number of carbonyl (C=O) groups excluding carboxylic acids is 1. The first-order valence-corrected chi connectivity index (χ1v) is 6.51. The molecule has 1 heterocycles. The van der Waals surface area contributed by atoms with Crippen molar-refractivity contribution < 1.29 is 4.79 Å². The van der Waals surface area contributed by atoms with Crippen LogP contribution in [0.3, 0.4) is 0 Å². The van der Waals surface area contributed by atoms with Gasteiger partial charge < -0.3 is 4.98 Å². The molecule has 0 atom stereocenters. The van der Waals surface area contributed by atoms with E-state index in [-0.39, 0.29) is 5.91 Å². The number of fused-ring (bicyclic) bond motifs is 1. The smallest absolute Gasteiger partial charge is 0.226 e. The third kappa shape index (κ3) is 2.40. The summed E-state index contributed by atoms with van der Waals surface area (Å²) in [6.45, 7) is 2.06. The Hall–Kier alpha value is -2.62. The molecule has 1 amide bonds. The number of rotatable bonds is 3. The topological polar surface area (TPSA) is 49.0 Å². The van der Waals surface area contributed by atoms with E-state index in [9.17, 15) is 4.79 Å². The number of benzene rings is 2. The maximum absolute atomic E-state index is 11.9. The summed E-state index contributed by atoms with van der Waals surface area (Å²) in [5.41, 5.74) is 2.87. The van der Waals surface area contributed by atoms with Crippen LogP contribution in [-0.4, -0.2) is 15.9 Å². The number of imidazole rings is 1. The number of nitrogens with one attached hydrogen (secondary N) is 1. The van der Waals surface area contributed by atoms with Gasteiger partial charge in [-0.2, -0.15) is 0 Å². The average molecular weight is 265 g/mol. The zero-order chi connectivity index (χ0) is 13.9. The molecular formula is C16H15N3O. The summed E-state index contributed by atoms with van der Waals surface area (Å²) in [6, 6.07) is 17.6. The Bertz CT molecular complexity index is 701. The van der Waals surface area contributed by atoms with Gasteiger partial charge in [-0.05, 0) is 17.7 Å². The van der Waals surface area contributed by atoms with Crippen molar-refractivity contribution in [2.24, 2.45) is 0 Å². The maximum atomic E-state index is 11.9. The van der Waals surface area contributed by atoms with Crippen LogP contribution >= 0.6 is 0 Å². The number of nitrogens with zero attached hydrogens (tertiary/aromatic N) is 2. The number of carbonyl (C=O) groups is 1. The van der Waals surface area contributed by atoms with E-state index in [1.165, 1.54) is 0 Å². The van der Waals surface area contributed by atoms with Crippen LogP contribution in [0.1, 0.15) is 12.5 Å². The van der Waals surface area contributed by atoms with Gasteiger partial charge in [-0.1, -0.05) is 42.5 Å². The van der Waals surface area contributed by atoms with Gasteiger partial charge >= 0.3 is 0 Å². The minimum absolute atomic E-state index is 0.0343. The lowest BCUT2D eigenvalue weighted by Crippen LogP contribution is -2.28. The molecular weight excluding hydrogens is 250 g/mol. The summed E-state index contributed by atoms with van der Waals surface area (Å²) in [5, 5.41) is 0. The highest BCUT2D eigenvalue weighted by atomic mass is 16.2. The van der Waals surface area contributed by atoms with Crippen molar-refractivity contribution in [1.82, 2.24) is 9.97 Å². The lowest BCUT2D eigenvalue weighted by Gasteiger charge is -2.17. The van der Waals surface area contributed by atoms with Crippen LogP contribution in [0, 0.1) is 0 Å². The molecule has 0 fully saturated rings. The van der Waals surface area contributed by atoms with Crippen LogP contribution in [-0.2, 0) is 11.3 Å². The molecule has 3 aromatic rings. The number of aromatic amines is 1. The Morgan fingerprint density at radius 3 is 2.50 bits per heavy atom. The number of anilines is 1. The van der Waals surface area contributed by atoms with Gasteiger partial charge in [-0.15, -0.1) is 0 Å². The number of H-pyrrole nitrogens is 1. The molecule has 4 nitrogen and oxygen atoms in total. The molecule has 1 aromatic heterocycles. The molecule has 0 aliphatic carbocycles. The van der Waals surface area contributed by atoms with Crippen molar-refractivity contribution in [3.05, 3.63) is 60.2 Å². The van der Waals surface area contributed by atoms with Crippen molar-refractivity contribution in [1.29, 1.82) is 0 Å². The largest absolute Gasteiger partial charge is 0.324 e. The van der Waals surface area contributed by atoms with Gasteiger partial charge in [-0.3, -0.25) is 9.69 Å². The zero-order valence-electron chi connectivity index (χ0n) is 11.2. The summed E-state index contributed by atoms with van der Waals surface area (Å²) in [6.07, 6.45) is 0. The first-order chi connectivity index (χ1) is 9.74. The Kier molecular flexibility index (Phi) is 3.21. The van der Waals surface area contributed by atoms with Gasteiger partial charge in [0, 0.05) is 6.92 Å². The minimum Gasteiger partial charge on any atom is -0.324 e. The van der Waals surface area contributed by atoms with Crippen molar-refractivity contribution >= 4 is 22.9 Å². The van der Waals surface area contributed by atoms with Crippen LogP contribution < -0.4 is 4.90 Å². The quantitative estimate of drug-likeness (QED) is 0.791. The number of hydrogen-bond acceptors (Lipinski definition) is 2. The summed E-state index contributed by atoms with van der Waals surface area (Å²) < 4.78 is 0. The standard InChI is InChI=1S/C16H15N3O/c1-12(20)19(11-13-7-3-2-4-8-13)16-17-14-9-5-6-10-15(14)18-16/h2-10H,11H2,1H3,(H,17,18). The molecule has 100 valence electrons. The lowest BCUT2D eigenvalue weighted by molar-refractivity contribution is -0.116. The fourth-order valence-corrected chi connectivity index (χ4v) is 2.17. The fourth-order valence-electron chi connectivity index (χ4n) is 2.17. The number of aromatic nitrogens is 2. The molecule has 0 saturated heterocycles. The summed E-state index contributed by atoms with van der Waals surface area (Å²) in [4.78, 5) is 21.2. The molecule has 1 N–H and O–H groups in total. The minimum atomic E-state index is -0.0343. The second-order valence-corrected chi connectivity index (χ2v) is 4.67. The van der Waals surface area contributed by atoms with E-state index in [1.807, 2.05) is 54.6 Å². The van der Waals surface area contributed by atoms with Gasteiger partial charge in [0.05, 0.1) is 17.6 Å². The van der Waals surface area contributed by atoms with Crippen LogP contribution in [0.25, 0.3) is 11.0 Å². The zero-order valence-corrected chi connectivity index (χ0v) is 11.2. The number of para-hydroxylation sites is 2. The second kappa shape index (κ2) is 5.17. The van der Waals surface area contributed by atoms with E-state index < -0.39 is 0 Å². The molecule has 3 rings (SSSR count). The van der Waals surface area contributed by atoms with Crippen LogP contribution in [0.15, 0.2) is 54.6 Å². The third-order valence-corrected chi connectivity index (χ3v) is 3.20. The maximum Gasteiger partial charge on any atom is 0.226 e. The molecule has 4 heteroatoms. The van der Waals surface area contributed by atoms with Gasteiger partial charge in [-0.25, -0.2) is 4.98 Å². The predicted octanol–water partition coefficient (Wildman–Crippen LogP) is 3.12. The summed E-state index contributed by atoms with van der Waals surface area (Å²) >= 11 is 0. The molecule has 0 aliphatic rings. The monoisotopic (exact) mass is 265 g/mol. The molecule has 20 heavy (non-hydrogen) atoms. The number of amides is 1. The van der Waals surface area contributed by atoms with Crippen molar-refractivity contribution in [3.8, 4) is 0 Å². The van der Waals surface area contributed by atoms with Crippen molar-refractivity contribution in [3.63, 3.8) is 0 Å². The van der Waals surface area contributed by atoms with Gasteiger partial charge in [0.2, 0.25) is 11.9 Å². The van der Waals surface area contributed by atoms with Crippen molar-refractivity contribution in [2.75, 3.05) is 4.90 Å². The van der Waals surface area contributed by atoms with Crippen LogP contribution in [0.5, 0.6) is 0 Å². The summed E-state index contributed by atoms with van der Waals surface area (Å²) in [7, 11) is 0. The van der Waals surface area contributed by atoms with E-state index >= 15 is 0 Å². The summed E-state index contributed by atoms with van der Waals surface area (Å²) in [5.74, 6) is 0.551. The molecule has 0 saturated carbocycles.